The van der Waals surface area contributed by atoms with Crippen LogP contribution in [-0.2, 0) is 4.79 Å². The van der Waals surface area contributed by atoms with Crippen LogP contribution in [0.1, 0.15) is 25.7 Å². The van der Waals surface area contributed by atoms with E-state index in [4.69, 9.17) is 4.74 Å². The molecule has 0 aromatic heterocycles. The highest BCUT2D eigenvalue weighted by atomic mass is 16.5. The normalized spacial score (nSPS) is 20.0. The lowest BCUT2D eigenvalue weighted by atomic mass is 10.00. The highest BCUT2D eigenvalue weighted by Crippen LogP contribution is 2.20. The fourth-order valence-corrected chi connectivity index (χ4v) is 2.53. The van der Waals surface area contributed by atoms with E-state index in [1.165, 1.54) is 12.8 Å². The summed E-state index contributed by atoms with van der Waals surface area (Å²) in [6.45, 7) is 1.09. The summed E-state index contributed by atoms with van der Waals surface area (Å²) in [7, 11) is 3.72. The molecule has 19 heavy (non-hydrogen) atoms. The molecule has 1 aliphatic rings. The zero-order valence-electron chi connectivity index (χ0n) is 11.7. The van der Waals surface area contributed by atoms with Crippen LogP contribution >= 0.6 is 0 Å². The number of hydrogen-bond acceptors (Lipinski definition) is 3. The zero-order chi connectivity index (χ0) is 13.7. The van der Waals surface area contributed by atoms with Crippen LogP contribution in [0.2, 0.25) is 0 Å². The van der Waals surface area contributed by atoms with Crippen LogP contribution in [0, 0.1) is 0 Å². The van der Waals surface area contributed by atoms with Crippen molar-refractivity contribution in [2.75, 3.05) is 26.0 Å². The zero-order valence-corrected chi connectivity index (χ0v) is 11.7. The molecule has 4 heteroatoms. The molecule has 1 heterocycles. The second kappa shape index (κ2) is 6.57. The van der Waals surface area contributed by atoms with E-state index in [1.54, 1.807) is 7.11 Å². The Kier molecular flexibility index (Phi) is 4.80. The number of rotatable bonds is 4. The van der Waals surface area contributed by atoms with Gasteiger partial charge in [-0.1, -0.05) is 12.5 Å². The van der Waals surface area contributed by atoms with Gasteiger partial charge in [0.1, 0.15) is 5.75 Å². The number of ether oxygens (including phenoxy) is 1. The van der Waals surface area contributed by atoms with E-state index < -0.39 is 0 Å². The second-order valence-corrected chi connectivity index (χ2v) is 5.11. The molecule has 1 unspecified atom stereocenters. The first kappa shape index (κ1) is 13.9. The Morgan fingerprint density at radius 1 is 1.47 bits per heavy atom. The number of nitrogens with one attached hydrogen (secondary N) is 1. The number of carbonyl (C=O) groups excluding carboxylic acids is 1. The van der Waals surface area contributed by atoms with Gasteiger partial charge < -0.3 is 15.0 Å². The van der Waals surface area contributed by atoms with Gasteiger partial charge in [0.05, 0.1) is 7.11 Å². The summed E-state index contributed by atoms with van der Waals surface area (Å²) < 4.78 is 5.14. The summed E-state index contributed by atoms with van der Waals surface area (Å²) in [5.41, 5.74) is 0.794. The third-order valence-electron chi connectivity index (χ3n) is 3.70. The Hall–Kier alpha value is -1.55. The Morgan fingerprint density at radius 2 is 2.32 bits per heavy atom. The van der Waals surface area contributed by atoms with Crippen LogP contribution < -0.4 is 10.1 Å². The summed E-state index contributed by atoms with van der Waals surface area (Å²) in [6, 6.07) is 7.83. The molecule has 1 aliphatic heterocycles. The summed E-state index contributed by atoms with van der Waals surface area (Å²) >= 11 is 0. The van der Waals surface area contributed by atoms with Crippen LogP contribution in [0.25, 0.3) is 0 Å². The smallest absolute Gasteiger partial charge is 0.225 e. The van der Waals surface area contributed by atoms with Crippen molar-refractivity contribution in [2.45, 2.75) is 31.7 Å². The first-order valence-corrected chi connectivity index (χ1v) is 6.83. The summed E-state index contributed by atoms with van der Waals surface area (Å²) in [6.07, 6.45) is 4.14. The van der Waals surface area contributed by atoms with Gasteiger partial charge in [-0.05, 0) is 38.6 Å². The average Bonchev–Trinajstić information content (AvgIpc) is 2.41. The molecule has 1 amide bonds. The van der Waals surface area contributed by atoms with Crippen molar-refractivity contribution in [3.05, 3.63) is 24.3 Å². The van der Waals surface area contributed by atoms with E-state index in [9.17, 15) is 4.79 Å². The molecule has 1 N–H and O–H groups in total. The monoisotopic (exact) mass is 262 g/mol. The average molecular weight is 262 g/mol. The lowest BCUT2D eigenvalue weighted by Crippen LogP contribution is -2.38. The van der Waals surface area contributed by atoms with Crippen molar-refractivity contribution < 1.29 is 9.53 Å². The maximum atomic E-state index is 12.0. The molecule has 104 valence electrons. The number of carbonyl (C=O) groups is 1. The Bertz CT molecular complexity index is 434. The van der Waals surface area contributed by atoms with Crippen molar-refractivity contribution in [3.8, 4) is 5.75 Å². The summed E-state index contributed by atoms with van der Waals surface area (Å²) in [5.74, 6) is 0.833. The summed E-state index contributed by atoms with van der Waals surface area (Å²) in [5, 5.41) is 2.94. The maximum Gasteiger partial charge on any atom is 0.225 e. The van der Waals surface area contributed by atoms with Gasteiger partial charge in [-0.3, -0.25) is 4.79 Å². The number of likely N-dealkylation sites (tertiary alicyclic amines) is 1. The molecule has 4 nitrogen and oxygen atoms in total. The molecule has 0 saturated carbocycles. The molecule has 0 bridgehead atoms. The number of anilines is 1. The fraction of sp³-hybridized carbons (Fsp3) is 0.533. The van der Waals surface area contributed by atoms with Gasteiger partial charge in [0.15, 0.2) is 0 Å². The minimum Gasteiger partial charge on any atom is -0.497 e. The molecule has 1 fully saturated rings. The van der Waals surface area contributed by atoms with E-state index in [0.717, 1.165) is 24.4 Å². The minimum absolute atomic E-state index is 0.0759. The molecule has 0 spiro atoms. The van der Waals surface area contributed by atoms with Gasteiger partial charge in [-0.2, -0.15) is 0 Å². The van der Waals surface area contributed by atoms with Crippen molar-refractivity contribution in [1.82, 2.24) is 4.90 Å². The minimum atomic E-state index is 0.0759. The number of methoxy groups -OCH3 is 1. The summed E-state index contributed by atoms with van der Waals surface area (Å²) in [4.78, 5) is 14.3. The molecule has 1 aromatic carbocycles. The fourth-order valence-electron chi connectivity index (χ4n) is 2.53. The van der Waals surface area contributed by atoms with E-state index in [-0.39, 0.29) is 5.91 Å². The third-order valence-corrected chi connectivity index (χ3v) is 3.70. The van der Waals surface area contributed by atoms with Gasteiger partial charge in [0, 0.05) is 24.2 Å². The molecular formula is C15H22N2O2. The van der Waals surface area contributed by atoms with Crippen LogP contribution in [0.3, 0.4) is 0 Å². The highest BCUT2D eigenvalue weighted by Gasteiger charge is 2.21. The molecule has 1 aromatic rings. The molecule has 0 radical (unpaired) electrons. The van der Waals surface area contributed by atoms with Crippen molar-refractivity contribution in [3.63, 3.8) is 0 Å². The van der Waals surface area contributed by atoms with E-state index in [2.05, 4.69) is 17.3 Å². The topological polar surface area (TPSA) is 41.6 Å². The lowest BCUT2D eigenvalue weighted by molar-refractivity contribution is -0.117. The second-order valence-electron chi connectivity index (χ2n) is 5.11. The van der Waals surface area contributed by atoms with E-state index >= 15 is 0 Å². The highest BCUT2D eigenvalue weighted by molar-refractivity contribution is 5.91. The maximum absolute atomic E-state index is 12.0. The van der Waals surface area contributed by atoms with E-state index in [0.29, 0.717) is 12.5 Å². The van der Waals surface area contributed by atoms with Gasteiger partial charge in [-0.25, -0.2) is 0 Å². The van der Waals surface area contributed by atoms with Crippen LogP contribution in [0.5, 0.6) is 5.75 Å². The van der Waals surface area contributed by atoms with Gasteiger partial charge in [0.25, 0.3) is 0 Å². The molecule has 1 saturated heterocycles. The van der Waals surface area contributed by atoms with Crippen molar-refractivity contribution in [1.29, 1.82) is 0 Å². The molecule has 0 aliphatic carbocycles. The van der Waals surface area contributed by atoms with Crippen LogP contribution in [0.15, 0.2) is 24.3 Å². The first-order valence-electron chi connectivity index (χ1n) is 6.83. The SMILES string of the molecule is COc1cccc(NC(=O)CC2CCCCN2C)c1. The van der Waals surface area contributed by atoms with Crippen LogP contribution in [-0.4, -0.2) is 37.6 Å². The quantitative estimate of drug-likeness (QED) is 0.906. The van der Waals surface area contributed by atoms with Gasteiger partial charge in [-0.15, -0.1) is 0 Å². The predicted octanol–water partition coefficient (Wildman–Crippen LogP) is 2.51. The van der Waals surface area contributed by atoms with Crippen molar-refractivity contribution >= 4 is 11.6 Å². The number of piperidine rings is 1. The van der Waals surface area contributed by atoms with Gasteiger partial charge >= 0.3 is 0 Å². The molecular weight excluding hydrogens is 240 g/mol. The Balaban J connectivity index is 1.89. The number of amides is 1. The Labute approximate surface area is 114 Å². The predicted molar refractivity (Wildman–Crippen MR) is 76.5 cm³/mol. The number of hydrogen-bond donors (Lipinski definition) is 1. The third kappa shape index (κ3) is 3.96. The van der Waals surface area contributed by atoms with E-state index in [1.807, 2.05) is 24.3 Å². The number of benzene rings is 1. The van der Waals surface area contributed by atoms with Crippen LogP contribution in [0.4, 0.5) is 5.69 Å². The standard InChI is InChI=1S/C15H22N2O2/c1-17-9-4-3-7-13(17)11-15(18)16-12-6-5-8-14(10-12)19-2/h5-6,8,10,13H,3-4,7,9,11H2,1-2H3,(H,16,18). The molecule has 1 atom stereocenters. The molecule has 2 rings (SSSR count). The van der Waals surface area contributed by atoms with Crippen molar-refractivity contribution in [2.24, 2.45) is 0 Å². The largest absolute Gasteiger partial charge is 0.497 e. The lowest BCUT2D eigenvalue weighted by Gasteiger charge is -2.31. The first-order chi connectivity index (χ1) is 9.19. The van der Waals surface area contributed by atoms with Gasteiger partial charge in [0.2, 0.25) is 5.91 Å². The Morgan fingerprint density at radius 3 is 3.05 bits per heavy atom. The number of nitrogens with zero attached hydrogens (tertiary/aromatic N) is 1.